The summed E-state index contributed by atoms with van der Waals surface area (Å²) in [6.45, 7) is 1.03. The average Bonchev–Trinajstić information content (AvgIpc) is 2.27. The Hall–Kier alpha value is -1.66. The van der Waals surface area contributed by atoms with Crippen molar-refractivity contribution in [1.29, 1.82) is 0 Å². The Balaban J connectivity index is 2.98. The van der Waals surface area contributed by atoms with Crippen LogP contribution in [0, 0.1) is 0 Å². The van der Waals surface area contributed by atoms with Gasteiger partial charge in [-0.15, -0.1) is 0 Å². The van der Waals surface area contributed by atoms with Gasteiger partial charge in [0.1, 0.15) is 12.4 Å². The molecule has 0 radical (unpaired) electrons. The molecule has 0 aliphatic rings. The first-order valence-corrected chi connectivity index (χ1v) is 5.49. The number of nitrogens with two attached hydrogens (primary N) is 1. The number of methoxy groups -OCH3 is 1. The molecule has 0 aromatic carbocycles. The molecule has 0 atom stereocenters. The largest absolute Gasteiger partial charge is 0.479 e. The van der Waals surface area contributed by atoms with Crippen LogP contribution in [0.1, 0.15) is 13.3 Å². The van der Waals surface area contributed by atoms with Gasteiger partial charge < -0.3 is 15.4 Å². The van der Waals surface area contributed by atoms with E-state index in [2.05, 4.69) is 4.98 Å². The number of alkyl halides is 3. The van der Waals surface area contributed by atoms with Crippen molar-refractivity contribution in [3.8, 4) is 5.88 Å². The van der Waals surface area contributed by atoms with Gasteiger partial charge in [0.05, 0.1) is 12.8 Å². The van der Waals surface area contributed by atoms with Crippen molar-refractivity contribution in [3.63, 3.8) is 0 Å². The summed E-state index contributed by atoms with van der Waals surface area (Å²) in [4.78, 5) is 5.13. The normalized spacial score (nSPS) is 11.4. The second-order valence-electron chi connectivity index (χ2n) is 3.80. The van der Waals surface area contributed by atoms with Gasteiger partial charge in [0.15, 0.2) is 0 Å². The first kappa shape index (κ1) is 14.4. The van der Waals surface area contributed by atoms with Crippen molar-refractivity contribution in [3.05, 3.63) is 12.1 Å². The van der Waals surface area contributed by atoms with Crippen LogP contribution in [0.2, 0.25) is 0 Å². The highest BCUT2D eigenvalue weighted by Gasteiger charge is 2.31. The summed E-state index contributed by atoms with van der Waals surface area (Å²) in [5, 5.41) is 0. The Bertz CT molecular complexity index is 396. The van der Waals surface area contributed by atoms with E-state index < -0.39 is 12.7 Å². The summed E-state index contributed by atoms with van der Waals surface area (Å²) >= 11 is 0. The summed E-state index contributed by atoms with van der Waals surface area (Å²) in [6.07, 6.45) is -3.68. The number of anilines is 2. The highest BCUT2D eigenvalue weighted by molar-refractivity contribution is 5.54. The van der Waals surface area contributed by atoms with Crippen molar-refractivity contribution >= 4 is 11.5 Å². The van der Waals surface area contributed by atoms with Crippen molar-refractivity contribution in [2.24, 2.45) is 0 Å². The van der Waals surface area contributed by atoms with Crippen LogP contribution in [0.25, 0.3) is 0 Å². The summed E-state index contributed by atoms with van der Waals surface area (Å²) < 4.78 is 42.3. The van der Waals surface area contributed by atoms with Crippen LogP contribution in [0.4, 0.5) is 24.7 Å². The van der Waals surface area contributed by atoms with Gasteiger partial charge in [-0.25, -0.2) is 0 Å². The number of ether oxygens (including phenoxy) is 1. The van der Waals surface area contributed by atoms with Crippen molar-refractivity contribution < 1.29 is 17.9 Å². The fourth-order valence-corrected chi connectivity index (χ4v) is 1.54. The molecule has 1 heterocycles. The zero-order valence-corrected chi connectivity index (χ0v) is 10.3. The van der Waals surface area contributed by atoms with Gasteiger partial charge in [0.2, 0.25) is 5.88 Å². The van der Waals surface area contributed by atoms with Crippen LogP contribution in [-0.4, -0.2) is 31.4 Å². The molecule has 0 spiro atoms. The van der Waals surface area contributed by atoms with Crippen molar-refractivity contribution in [2.75, 3.05) is 30.8 Å². The lowest BCUT2D eigenvalue weighted by Gasteiger charge is -2.24. The Morgan fingerprint density at radius 2 is 2.06 bits per heavy atom. The van der Waals surface area contributed by atoms with E-state index in [-0.39, 0.29) is 18.2 Å². The number of nitrogens with zero attached hydrogens (tertiary/aromatic N) is 2. The summed E-state index contributed by atoms with van der Waals surface area (Å²) in [5.74, 6) is 0.344. The maximum atomic E-state index is 12.5. The highest BCUT2D eigenvalue weighted by Crippen LogP contribution is 2.25. The molecule has 102 valence electrons. The second-order valence-corrected chi connectivity index (χ2v) is 3.80. The predicted octanol–water partition coefficient (Wildman–Crippen LogP) is 2.45. The Kier molecular flexibility index (Phi) is 4.63. The van der Waals surface area contributed by atoms with Crippen LogP contribution >= 0.6 is 0 Å². The first-order valence-electron chi connectivity index (χ1n) is 5.49. The van der Waals surface area contributed by atoms with E-state index in [1.165, 1.54) is 19.2 Å². The molecule has 1 aromatic heterocycles. The molecule has 18 heavy (non-hydrogen) atoms. The number of hydrogen-bond donors (Lipinski definition) is 1. The van der Waals surface area contributed by atoms with E-state index in [1.807, 2.05) is 0 Å². The molecule has 0 aliphatic heterocycles. The molecule has 0 saturated heterocycles. The Labute approximate surface area is 104 Å². The number of pyridine rings is 1. The maximum Gasteiger partial charge on any atom is 0.405 e. The lowest BCUT2D eigenvalue weighted by Crippen LogP contribution is -2.35. The molecule has 1 aromatic rings. The van der Waals surface area contributed by atoms with E-state index in [4.69, 9.17) is 10.5 Å². The minimum atomic E-state index is -4.27. The summed E-state index contributed by atoms with van der Waals surface area (Å²) in [7, 11) is 1.37. The van der Waals surface area contributed by atoms with E-state index in [9.17, 15) is 13.2 Å². The third-order valence-corrected chi connectivity index (χ3v) is 2.26. The number of halogens is 3. The molecular weight excluding hydrogens is 247 g/mol. The number of rotatable bonds is 5. The predicted molar refractivity (Wildman–Crippen MR) is 63.8 cm³/mol. The lowest BCUT2D eigenvalue weighted by molar-refractivity contribution is -0.119. The average molecular weight is 263 g/mol. The van der Waals surface area contributed by atoms with Crippen LogP contribution in [-0.2, 0) is 0 Å². The third-order valence-electron chi connectivity index (χ3n) is 2.26. The first-order chi connectivity index (χ1) is 8.37. The highest BCUT2D eigenvalue weighted by atomic mass is 19.4. The van der Waals surface area contributed by atoms with Crippen molar-refractivity contribution in [1.82, 2.24) is 4.98 Å². The van der Waals surface area contributed by atoms with Gasteiger partial charge in [0, 0.05) is 6.54 Å². The lowest BCUT2D eigenvalue weighted by atomic mass is 10.3. The number of nitrogen functional groups attached to an aromatic ring is 1. The van der Waals surface area contributed by atoms with Crippen LogP contribution < -0.4 is 15.4 Å². The van der Waals surface area contributed by atoms with Crippen molar-refractivity contribution in [2.45, 2.75) is 19.5 Å². The Morgan fingerprint density at radius 1 is 1.39 bits per heavy atom. The molecule has 1 rings (SSSR count). The van der Waals surface area contributed by atoms with Gasteiger partial charge in [0.25, 0.3) is 0 Å². The molecule has 0 bridgehead atoms. The van der Waals surface area contributed by atoms with Gasteiger partial charge in [-0.05, 0) is 18.6 Å². The SMILES string of the molecule is CCCN(CC(F)(F)F)c1ccc(N)c(OC)n1. The minimum Gasteiger partial charge on any atom is -0.479 e. The van der Waals surface area contributed by atoms with Crippen LogP contribution in [0.3, 0.4) is 0 Å². The molecule has 0 saturated carbocycles. The smallest absolute Gasteiger partial charge is 0.405 e. The van der Waals surface area contributed by atoms with Crippen LogP contribution in [0.15, 0.2) is 12.1 Å². The molecule has 0 aliphatic carbocycles. The molecule has 7 heteroatoms. The molecule has 0 unspecified atom stereocenters. The van der Waals surface area contributed by atoms with E-state index in [0.717, 1.165) is 4.90 Å². The van der Waals surface area contributed by atoms with Gasteiger partial charge in [-0.3, -0.25) is 0 Å². The monoisotopic (exact) mass is 263 g/mol. The minimum absolute atomic E-state index is 0.135. The molecular formula is C11H16F3N3O. The van der Waals surface area contributed by atoms with Gasteiger partial charge in [-0.1, -0.05) is 6.92 Å². The molecule has 4 nitrogen and oxygen atoms in total. The Morgan fingerprint density at radius 3 is 2.56 bits per heavy atom. The zero-order valence-electron chi connectivity index (χ0n) is 10.3. The molecule has 0 amide bonds. The number of hydrogen-bond acceptors (Lipinski definition) is 4. The maximum absolute atomic E-state index is 12.5. The quantitative estimate of drug-likeness (QED) is 0.886. The zero-order chi connectivity index (χ0) is 13.8. The van der Waals surface area contributed by atoms with Gasteiger partial charge in [-0.2, -0.15) is 18.2 Å². The molecule has 2 N–H and O–H groups in total. The van der Waals surface area contributed by atoms with Crippen LogP contribution in [0.5, 0.6) is 5.88 Å². The fraction of sp³-hybridized carbons (Fsp3) is 0.545. The van der Waals surface area contributed by atoms with Gasteiger partial charge >= 0.3 is 6.18 Å². The molecule has 0 fully saturated rings. The van der Waals surface area contributed by atoms with E-state index in [0.29, 0.717) is 12.1 Å². The van der Waals surface area contributed by atoms with E-state index in [1.54, 1.807) is 6.92 Å². The summed E-state index contributed by atoms with van der Waals surface area (Å²) in [6, 6.07) is 2.94. The standard InChI is InChI=1S/C11H16F3N3O/c1-3-6-17(7-11(12,13)14)9-5-4-8(15)10(16-9)18-2/h4-5H,3,6-7,15H2,1-2H3. The topological polar surface area (TPSA) is 51.4 Å². The van der Waals surface area contributed by atoms with E-state index >= 15 is 0 Å². The third kappa shape index (κ3) is 3.97. The number of aromatic nitrogens is 1. The summed E-state index contributed by atoms with van der Waals surface area (Å²) in [5.41, 5.74) is 5.87. The second kappa shape index (κ2) is 5.79. The fourth-order valence-electron chi connectivity index (χ4n) is 1.54.